The number of carbonyl (C=O) groups is 1. The van der Waals surface area contributed by atoms with E-state index in [2.05, 4.69) is 35.4 Å². The molecule has 40 heavy (non-hydrogen) atoms. The van der Waals surface area contributed by atoms with Crippen LogP contribution >= 0.6 is 0 Å². The molecule has 0 aliphatic heterocycles. The summed E-state index contributed by atoms with van der Waals surface area (Å²) in [4.78, 5) is 29.9. The van der Waals surface area contributed by atoms with Gasteiger partial charge in [0.1, 0.15) is 11.5 Å². The summed E-state index contributed by atoms with van der Waals surface area (Å²) < 4.78 is 15.7. The number of fused-ring (bicyclic) bond motifs is 1. The van der Waals surface area contributed by atoms with E-state index in [0.717, 1.165) is 28.0 Å². The molecule has 1 N–H and O–H groups in total. The van der Waals surface area contributed by atoms with Crippen molar-refractivity contribution < 1.29 is 9.18 Å². The Morgan fingerprint density at radius 1 is 0.975 bits per heavy atom. The second kappa shape index (κ2) is 11.6. The van der Waals surface area contributed by atoms with Crippen molar-refractivity contribution in [2.75, 3.05) is 33.0 Å². The van der Waals surface area contributed by atoms with Gasteiger partial charge in [0.05, 0.1) is 23.6 Å². The molecular weight excluding hydrogens is 505 g/mol. The lowest BCUT2D eigenvalue weighted by molar-refractivity contribution is -0.129. The highest BCUT2D eigenvalue weighted by atomic mass is 19.1. The van der Waals surface area contributed by atoms with E-state index < -0.39 is 0 Å². The Morgan fingerprint density at radius 2 is 1.77 bits per heavy atom. The second-order valence-electron chi connectivity index (χ2n) is 10.1. The molecule has 0 aliphatic carbocycles. The van der Waals surface area contributed by atoms with Gasteiger partial charge in [0.2, 0.25) is 11.9 Å². The minimum absolute atomic E-state index is 0.0424. The Bertz CT molecular complexity index is 1650. The maximum Gasteiger partial charge on any atom is 0.236 e. The van der Waals surface area contributed by atoms with Crippen LogP contribution in [0.4, 0.5) is 10.3 Å². The zero-order valence-electron chi connectivity index (χ0n) is 23.1. The smallest absolute Gasteiger partial charge is 0.236 e. The number of anilines is 1. The molecule has 0 saturated heterocycles. The van der Waals surface area contributed by atoms with Crippen LogP contribution in [-0.2, 0) is 17.9 Å². The van der Waals surface area contributed by atoms with Gasteiger partial charge in [0, 0.05) is 45.1 Å². The molecule has 3 aromatic heterocycles. The molecule has 9 heteroatoms. The fourth-order valence-electron chi connectivity index (χ4n) is 4.56. The molecule has 5 aromatic rings. The van der Waals surface area contributed by atoms with Crippen molar-refractivity contribution in [1.82, 2.24) is 29.2 Å². The molecule has 0 radical (unpaired) electrons. The van der Waals surface area contributed by atoms with Gasteiger partial charge in [0.15, 0.2) is 0 Å². The molecule has 0 bridgehead atoms. The molecule has 0 fully saturated rings. The summed E-state index contributed by atoms with van der Waals surface area (Å²) in [6.45, 7) is 3.56. The summed E-state index contributed by atoms with van der Waals surface area (Å²) in [6.07, 6.45) is 3.68. The van der Waals surface area contributed by atoms with E-state index in [1.165, 1.54) is 17.7 Å². The van der Waals surface area contributed by atoms with Gasteiger partial charge < -0.3 is 10.2 Å². The van der Waals surface area contributed by atoms with Gasteiger partial charge in [-0.15, -0.1) is 0 Å². The number of amides is 1. The third-order valence-electron chi connectivity index (χ3n) is 6.60. The molecule has 0 atom stereocenters. The number of hydrogen-bond acceptors (Lipinski definition) is 6. The molecule has 0 saturated carbocycles. The average molecular weight is 538 g/mol. The zero-order chi connectivity index (χ0) is 28.2. The number of hydrogen-bond donors (Lipinski definition) is 1. The first-order valence-corrected chi connectivity index (χ1v) is 13.1. The van der Waals surface area contributed by atoms with E-state index in [0.29, 0.717) is 37.0 Å². The van der Waals surface area contributed by atoms with Crippen molar-refractivity contribution in [1.29, 1.82) is 0 Å². The van der Waals surface area contributed by atoms with Crippen LogP contribution in [-0.4, -0.2) is 62.7 Å². The number of carbonyl (C=O) groups excluding carboxylic acids is 1. The van der Waals surface area contributed by atoms with Crippen LogP contribution in [0.25, 0.3) is 28.3 Å². The number of imidazole rings is 1. The van der Waals surface area contributed by atoms with Crippen LogP contribution in [0.3, 0.4) is 0 Å². The number of rotatable bonds is 9. The molecule has 1 amide bonds. The first kappa shape index (κ1) is 27.0. The Hall–Kier alpha value is -4.63. The normalized spacial score (nSPS) is 11.2. The van der Waals surface area contributed by atoms with Gasteiger partial charge in [-0.1, -0.05) is 29.8 Å². The van der Waals surface area contributed by atoms with Crippen LogP contribution in [0.15, 0.2) is 79.1 Å². The first-order chi connectivity index (χ1) is 19.3. The Balaban J connectivity index is 1.50. The number of likely N-dealkylation sites (N-methyl/N-ethyl adjacent to an activating group) is 2. The molecule has 5 rings (SSSR count). The number of nitrogens with one attached hydrogen (secondary N) is 1. The largest absolute Gasteiger partial charge is 0.350 e. The highest BCUT2D eigenvalue weighted by Crippen LogP contribution is 2.32. The maximum absolute atomic E-state index is 13.8. The van der Waals surface area contributed by atoms with Gasteiger partial charge in [0.25, 0.3) is 0 Å². The van der Waals surface area contributed by atoms with Crippen molar-refractivity contribution in [3.05, 3.63) is 102 Å². The molecule has 0 spiro atoms. The minimum atomic E-state index is -0.309. The van der Waals surface area contributed by atoms with Crippen LogP contribution in [0.1, 0.15) is 16.7 Å². The molecule has 8 nitrogen and oxygen atoms in total. The van der Waals surface area contributed by atoms with Crippen molar-refractivity contribution in [3.63, 3.8) is 0 Å². The highest BCUT2D eigenvalue weighted by molar-refractivity contribution is 5.81. The number of aromatic nitrogens is 4. The summed E-state index contributed by atoms with van der Waals surface area (Å²) in [7, 11) is 5.42. The van der Waals surface area contributed by atoms with Crippen molar-refractivity contribution >= 4 is 17.5 Å². The molecular formula is C31H32FN7O. The standard InChI is InChI=1S/C31H32FN7O/c1-21-6-5-7-22(16-21)18-34-31-33-14-12-26(35-31)30-29(24-8-10-25(32)11-9-24)36-27-17-23(13-15-39(27)30)19-38(4)20-28(40)37(2)3/h5-17H,18-20H2,1-4H3,(H,33,34,35). The summed E-state index contributed by atoms with van der Waals surface area (Å²) in [5, 5.41) is 3.32. The fraction of sp³-hybridized carbons (Fsp3) is 0.226. The van der Waals surface area contributed by atoms with Crippen LogP contribution < -0.4 is 5.32 Å². The minimum Gasteiger partial charge on any atom is -0.350 e. The summed E-state index contributed by atoms with van der Waals surface area (Å²) in [5.74, 6) is 0.236. The predicted octanol–water partition coefficient (Wildman–Crippen LogP) is 5.04. The molecule has 0 unspecified atom stereocenters. The number of aryl methyl sites for hydroxylation is 1. The van der Waals surface area contributed by atoms with E-state index >= 15 is 0 Å². The molecule has 2 aromatic carbocycles. The Labute approximate surface area is 233 Å². The maximum atomic E-state index is 13.8. The first-order valence-electron chi connectivity index (χ1n) is 13.1. The van der Waals surface area contributed by atoms with E-state index in [9.17, 15) is 9.18 Å². The van der Waals surface area contributed by atoms with Gasteiger partial charge in [-0.2, -0.15) is 0 Å². The van der Waals surface area contributed by atoms with Gasteiger partial charge in [-0.25, -0.2) is 19.3 Å². The summed E-state index contributed by atoms with van der Waals surface area (Å²) >= 11 is 0. The van der Waals surface area contributed by atoms with Crippen molar-refractivity contribution in [2.24, 2.45) is 0 Å². The van der Waals surface area contributed by atoms with Crippen LogP contribution in [0, 0.1) is 12.7 Å². The summed E-state index contributed by atoms with van der Waals surface area (Å²) in [6, 6.07) is 20.5. The lowest BCUT2D eigenvalue weighted by Gasteiger charge is -2.19. The van der Waals surface area contributed by atoms with Crippen molar-refractivity contribution in [3.8, 4) is 22.6 Å². The van der Waals surface area contributed by atoms with E-state index in [1.807, 2.05) is 46.8 Å². The SMILES string of the molecule is Cc1cccc(CNc2nccc(-c3c(-c4ccc(F)cc4)nc4cc(CN(C)CC(=O)N(C)C)ccn34)n2)c1. The highest BCUT2D eigenvalue weighted by Gasteiger charge is 2.19. The van der Waals surface area contributed by atoms with E-state index in [-0.39, 0.29) is 11.7 Å². The lowest BCUT2D eigenvalue weighted by atomic mass is 10.1. The summed E-state index contributed by atoms with van der Waals surface area (Å²) in [5.41, 5.74) is 7.03. The predicted molar refractivity (Wildman–Crippen MR) is 155 cm³/mol. The Kier molecular flexibility index (Phi) is 7.84. The van der Waals surface area contributed by atoms with Gasteiger partial charge in [-0.05, 0) is 67.6 Å². The van der Waals surface area contributed by atoms with Gasteiger partial charge >= 0.3 is 0 Å². The zero-order valence-corrected chi connectivity index (χ0v) is 23.1. The average Bonchev–Trinajstić information content (AvgIpc) is 3.31. The molecule has 0 aliphatic rings. The van der Waals surface area contributed by atoms with Crippen LogP contribution in [0.2, 0.25) is 0 Å². The van der Waals surface area contributed by atoms with Gasteiger partial charge in [-0.3, -0.25) is 14.1 Å². The number of benzene rings is 2. The third kappa shape index (κ3) is 6.16. The number of nitrogens with zero attached hydrogens (tertiary/aromatic N) is 6. The fourth-order valence-corrected chi connectivity index (χ4v) is 4.56. The monoisotopic (exact) mass is 537 g/mol. The quantitative estimate of drug-likeness (QED) is 0.284. The molecule has 3 heterocycles. The topological polar surface area (TPSA) is 78.7 Å². The van der Waals surface area contributed by atoms with E-state index in [4.69, 9.17) is 9.97 Å². The number of halogens is 1. The van der Waals surface area contributed by atoms with E-state index in [1.54, 1.807) is 37.3 Å². The van der Waals surface area contributed by atoms with Crippen LogP contribution in [0.5, 0.6) is 0 Å². The molecule has 204 valence electrons. The Morgan fingerprint density at radius 3 is 2.52 bits per heavy atom. The lowest BCUT2D eigenvalue weighted by Crippen LogP contribution is -2.34. The number of pyridine rings is 1. The third-order valence-corrected chi connectivity index (χ3v) is 6.60. The second-order valence-corrected chi connectivity index (χ2v) is 10.1. The van der Waals surface area contributed by atoms with Crippen molar-refractivity contribution in [2.45, 2.75) is 20.0 Å².